The number of hydrogen-bond acceptors (Lipinski definition) is 2. The summed E-state index contributed by atoms with van der Waals surface area (Å²) < 4.78 is 1.98. The van der Waals surface area contributed by atoms with Crippen LogP contribution in [0.15, 0.2) is 24.3 Å². The molecule has 1 aromatic carbocycles. The molecule has 4 heteroatoms. The average molecular weight is 177 g/mol. The zero-order valence-corrected chi connectivity index (χ0v) is 7.78. The van der Waals surface area contributed by atoms with Crippen LogP contribution in [0.3, 0.4) is 0 Å². The van der Waals surface area contributed by atoms with Gasteiger partial charge in [-0.3, -0.25) is 10.0 Å². The van der Waals surface area contributed by atoms with Gasteiger partial charge in [0, 0.05) is 0 Å². The Bertz CT molecular complexity index is 341. The van der Waals surface area contributed by atoms with E-state index in [1.54, 1.807) is 0 Å². The Labute approximate surface area is 77.4 Å². The molecule has 1 heterocycles. The third-order valence-electron chi connectivity index (χ3n) is 1.82. The molecule has 0 saturated heterocycles. The highest BCUT2D eigenvalue weighted by Gasteiger charge is 2.22. The van der Waals surface area contributed by atoms with Crippen molar-refractivity contribution in [3.05, 3.63) is 24.3 Å². The van der Waals surface area contributed by atoms with Crippen molar-refractivity contribution in [1.29, 1.82) is 0 Å². The normalized spacial score (nSPS) is 13.5. The van der Waals surface area contributed by atoms with Crippen molar-refractivity contribution < 1.29 is 4.58 Å². The molecule has 0 spiro atoms. The van der Waals surface area contributed by atoms with E-state index in [4.69, 9.17) is 0 Å². The van der Waals surface area contributed by atoms with Crippen molar-refractivity contribution in [3.63, 3.8) is 0 Å². The minimum Gasteiger partial charge on any atom is -0.282 e. The molecule has 0 aliphatic carbocycles. The Hall–Kier alpha value is -1.55. The van der Waals surface area contributed by atoms with Crippen LogP contribution < -0.4 is 16.0 Å². The summed E-state index contributed by atoms with van der Waals surface area (Å²) in [5.74, 6) is 0. The van der Waals surface area contributed by atoms with Gasteiger partial charge in [-0.1, -0.05) is 17.7 Å². The lowest BCUT2D eigenvalue weighted by atomic mass is 10.3. The number of rotatable bonds is 1. The van der Waals surface area contributed by atoms with Crippen LogP contribution >= 0.6 is 0 Å². The van der Waals surface area contributed by atoms with Crippen LogP contribution in [0.25, 0.3) is 0 Å². The number of nitrogens with one attached hydrogen (secondary N) is 2. The topological polar surface area (TPSA) is 30.3 Å². The smallest absolute Gasteiger partial charge is 0.259 e. The van der Waals surface area contributed by atoms with E-state index in [0.717, 1.165) is 11.4 Å². The van der Waals surface area contributed by atoms with Gasteiger partial charge in [0.25, 0.3) is 6.34 Å². The van der Waals surface area contributed by atoms with Crippen LogP contribution in [0.4, 0.5) is 11.4 Å². The molecule has 0 amide bonds. The standard InChI is InChI=1S/C9H13N4/c1-12(2)7-13-9-6-4-3-5-8(9)10-11-13/h3-7,10-11H,1-2H3/q+1. The Balaban J connectivity index is 2.33. The van der Waals surface area contributed by atoms with Crippen LogP contribution in [0, 0.1) is 0 Å². The van der Waals surface area contributed by atoms with Crippen molar-refractivity contribution >= 4 is 17.7 Å². The largest absolute Gasteiger partial charge is 0.282 e. The molecule has 0 unspecified atom stereocenters. The first-order chi connectivity index (χ1) is 6.27. The van der Waals surface area contributed by atoms with Crippen molar-refractivity contribution in [2.45, 2.75) is 0 Å². The molecule has 1 aliphatic rings. The third-order valence-corrected chi connectivity index (χ3v) is 1.82. The maximum atomic E-state index is 3.07. The van der Waals surface area contributed by atoms with E-state index in [9.17, 15) is 0 Å². The predicted molar refractivity (Wildman–Crippen MR) is 53.9 cm³/mol. The van der Waals surface area contributed by atoms with Gasteiger partial charge in [-0.25, -0.2) is 0 Å². The van der Waals surface area contributed by atoms with Gasteiger partial charge in [-0.05, 0) is 12.1 Å². The highest BCUT2D eigenvalue weighted by atomic mass is 15.7. The van der Waals surface area contributed by atoms with E-state index >= 15 is 0 Å². The molecule has 1 aromatic rings. The number of anilines is 2. The second-order valence-electron chi connectivity index (χ2n) is 3.20. The van der Waals surface area contributed by atoms with E-state index in [-0.39, 0.29) is 0 Å². The summed E-state index contributed by atoms with van der Waals surface area (Å²) in [5, 5.41) is 1.94. The number of fused-ring (bicyclic) bond motifs is 1. The molecule has 0 bridgehead atoms. The summed E-state index contributed by atoms with van der Waals surface area (Å²) in [6.07, 6.45) is 1.97. The third kappa shape index (κ3) is 1.48. The number of nitrogens with zero attached hydrogens (tertiary/aromatic N) is 2. The lowest BCUT2D eigenvalue weighted by Crippen LogP contribution is -2.37. The molecule has 0 atom stereocenters. The van der Waals surface area contributed by atoms with E-state index in [1.807, 2.05) is 48.2 Å². The first-order valence-corrected chi connectivity index (χ1v) is 4.19. The second kappa shape index (κ2) is 3.06. The molecule has 13 heavy (non-hydrogen) atoms. The van der Waals surface area contributed by atoms with Crippen LogP contribution in [0.1, 0.15) is 0 Å². The van der Waals surface area contributed by atoms with Gasteiger partial charge in [0.2, 0.25) is 0 Å². The molecular formula is C9H13N4+. The quantitative estimate of drug-likeness (QED) is 0.375. The predicted octanol–water partition coefficient (Wildman–Crippen LogP) is 0.638. The molecule has 0 radical (unpaired) electrons. The van der Waals surface area contributed by atoms with Gasteiger partial charge in [0.05, 0.1) is 14.1 Å². The highest BCUT2D eigenvalue weighted by molar-refractivity contribution is 5.86. The zero-order valence-electron chi connectivity index (χ0n) is 7.78. The van der Waals surface area contributed by atoms with Gasteiger partial charge < -0.3 is 0 Å². The Morgan fingerprint density at radius 1 is 1.31 bits per heavy atom. The zero-order chi connectivity index (χ0) is 9.26. The van der Waals surface area contributed by atoms with Gasteiger partial charge >= 0.3 is 0 Å². The van der Waals surface area contributed by atoms with Crippen LogP contribution in [0.2, 0.25) is 0 Å². The Morgan fingerprint density at radius 3 is 2.85 bits per heavy atom. The summed E-state index contributed by atoms with van der Waals surface area (Å²) in [7, 11) is 3.98. The molecule has 0 fully saturated rings. The van der Waals surface area contributed by atoms with Crippen LogP contribution in [0.5, 0.6) is 0 Å². The Kier molecular flexibility index (Phi) is 1.90. The fourth-order valence-corrected chi connectivity index (χ4v) is 1.29. The van der Waals surface area contributed by atoms with Crippen LogP contribution in [-0.4, -0.2) is 25.0 Å². The Morgan fingerprint density at radius 2 is 2.08 bits per heavy atom. The summed E-state index contributed by atoms with van der Waals surface area (Å²) >= 11 is 0. The molecule has 0 aromatic heterocycles. The average Bonchev–Trinajstić information content (AvgIpc) is 2.48. The van der Waals surface area contributed by atoms with E-state index in [1.165, 1.54) is 0 Å². The van der Waals surface area contributed by atoms with Gasteiger partial charge in [0.15, 0.2) is 5.69 Å². The maximum absolute atomic E-state index is 3.07. The summed E-state index contributed by atoms with van der Waals surface area (Å²) in [4.78, 5) is 0. The van der Waals surface area contributed by atoms with Gasteiger partial charge in [0.1, 0.15) is 5.69 Å². The van der Waals surface area contributed by atoms with Crippen LogP contribution in [-0.2, 0) is 0 Å². The number of hydrogen-bond donors (Lipinski definition) is 2. The van der Waals surface area contributed by atoms with Crippen molar-refractivity contribution in [2.75, 3.05) is 24.5 Å². The second-order valence-corrected chi connectivity index (χ2v) is 3.20. The van der Waals surface area contributed by atoms with Gasteiger partial charge in [-0.2, -0.15) is 0 Å². The highest BCUT2D eigenvalue weighted by Crippen LogP contribution is 2.26. The minimum absolute atomic E-state index is 1.10. The minimum atomic E-state index is 1.10. The van der Waals surface area contributed by atoms with Crippen molar-refractivity contribution in [1.82, 2.24) is 5.53 Å². The first kappa shape index (κ1) is 8.07. The monoisotopic (exact) mass is 177 g/mol. The number of para-hydroxylation sites is 2. The maximum Gasteiger partial charge on any atom is 0.259 e. The molecule has 4 nitrogen and oxygen atoms in total. The van der Waals surface area contributed by atoms with E-state index < -0.39 is 0 Å². The van der Waals surface area contributed by atoms with Gasteiger partial charge in [-0.15, -0.1) is 5.01 Å². The number of hydrazine groups is 2. The molecule has 2 rings (SSSR count). The fourth-order valence-electron chi connectivity index (χ4n) is 1.29. The van der Waals surface area contributed by atoms with E-state index in [2.05, 4.69) is 17.0 Å². The summed E-state index contributed by atoms with van der Waals surface area (Å²) in [6.45, 7) is 0. The molecule has 2 N–H and O–H groups in total. The molecule has 0 saturated carbocycles. The van der Waals surface area contributed by atoms with E-state index in [0.29, 0.717) is 0 Å². The van der Waals surface area contributed by atoms with Crippen molar-refractivity contribution in [3.8, 4) is 0 Å². The first-order valence-electron chi connectivity index (χ1n) is 4.19. The molecular weight excluding hydrogens is 164 g/mol. The summed E-state index contributed by atoms with van der Waals surface area (Å²) in [5.41, 5.74) is 8.35. The molecule has 68 valence electrons. The lowest BCUT2D eigenvalue weighted by Gasteiger charge is -2.03. The molecule has 1 aliphatic heterocycles. The van der Waals surface area contributed by atoms with Crippen molar-refractivity contribution in [2.24, 2.45) is 0 Å². The fraction of sp³-hybridized carbons (Fsp3) is 0.222. The summed E-state index contributed by atoms with van der Waals surface area (Å²) in [6, 6.07) is 8.12. The lowest BCUT2D eigenvalue weighted by molar-refractivity contribution is -0.460. The number of benzene rings is 1. The SMILES string of the molecule is C[N+](C)=CN1NNc2ccccc21.